The molecule has 3 heterocycles. The van der Waals surface area contributed by atoms with Crippen molar-refractivity contribution in [2.24, 2.45) is 0 Å². The molecule has 0 unspecified atom stereocenters. The third kappa shape index (κ3) is 18.4. The monoisotopic (exact) mass is 1690 g/mol. The lowest BCUT2D eigenvalue weighted by atomic mass is 10.0. The first-order chi connectivity index (χ1) is 63.1. The number of para-hydroxylation sites is 15. The maximum Gasteiger partial charge on any atom is 0.0541 e. The van der Waals surface area contributed by atoms with Crippen LogP contribution in [0.15, 0.2) is 540 Å². The lowest BCUT2D eigenvalue weighted by Gasteiger charge is -2.28. The van der Waals surface area contributed by atoms with E-state index in [0.29, 0.717) is 0 Å². The predicted octanol–water partition coefficient (Wildman–Crippen LogP) is 35.8. The largest absolute Gasteiger partial charge is 0.311 e. The SMILES string of the molecule is C.C.C.C.c1ccc(-n2c3ccccc3c3ccccc32)cc1.c1ccc(N(c2ccccc2)c2ccc(-c3ccc(N(c4ccccc4)c4ccccc4)cc3)cc2)cc1.c1ccc(N(c2ccccc2)c2ccc(N(c3ccccc3)c3ccccc3)cc2)cc1.c1ccc2c(c1)c1ccccc1n2-c1ccc(-c2ccc(-n3c4ccccc4c4ccccc43)cc2)cc1. The Balaban J connectivity index is 0.000000129. The van der Waals surface area contributed by atoms with Gasteiger partial charge in [0.1, 0.15) is 0 Å². The molecule has 0 fully saturated rings. The molecule has 7 heteroatoms. The van der Waals surface area contributed by atoms with Crippen LogP contribution >= 0.6 is 0 Å². The summed E-state index contributed by atoms with van der Waals surface area (Å²) in [6.45, 7) is 0. The number of hydrogen-bond acceptors (Lipinski definition) is 4. The summed E-state index contributed by atoms with van der Waals surface area (Å²) in [5, 5.41) is 7.75. The van der Waals surface area contributed by atoms with Crippen LogP contribution in [0.5, 0.6) is 0 Å². The highest BCUT2D eigenvalue weighted by Gasteiger charge is 2.21. The van der Waals surface area contributed by atoms with Gasteiger partial charge in [0, 0.05) is 118 Å². The summed E-state index contributed by atoms with van der Waals surface area (Å²) in [6, 6.07) is 190. The molecule has 131 heavy (non-hydrogen) atoms. The molecule has 0 aliphatic heterocycles. The second-order valence-corrected chi connectivity index (χ2v) is 31.2. The molecule has 7 nitrogen and oxygen atoms in total. The lowest BCUT2D eigenvalue weighted by Crippen LogP contribution is -2.12. The molecule has 0 aliphatic carbocycles. The molecular weight excluding hydrogens is 1590 g/mol. The molecule has 0 radical (unpaired) electrons. The van der Waals surface area contributed by atoms with Crippen LogP contribution in [-0.4, -0.2) is 13.7 Å². The van der Waals surface area contributed by atoms with E-state index in [0.717, 1.165) is 68.2 Å². The minimum absolute atomic E-state index is 0. The van der Waals surface area contributed by atoms with Gasteiger partial charge in [-0.2, -0.15) is 0 Å². The number of hydrogen-bond donors (Lipinski definition) is 0. The molecule has 20 aromatic carbocycles. The van der Waals surface area contributed by atoms with Crippen LogP contribution in [0.25, 0.3) is 105 Å². The first-order valence-electron chi connectivity index (χ1n) is 43.2. The Morgan fingerprint density at radius 1 is 0.107 bits per heavy atom. The smallest absolute Gasteiger partial charge is 0.0541 e. The van der Waals surface area contributed by atoms with Crippen LogP contribution in [0, 0.1) is 0 Å². The summed E-state index contributed by atoms with van der Waals surface area (Å²) < 4.78 is 7.05. The molecule has 23 rings (SSSR count). The molecule has 23 aromatic rings. The summed E-state index contributed by atoms with van der Waals surface area (Å²) in [6.07, 6.45) is 0. The van der Waals surface area contributed by atoms with Crippen molar-refractivity contribution >= 4 is 134 Å². The van der Waals surface area contributed by atoms with Gasteiger partial charge in [-0.05, 0) is 241 Å². The number of fused-ring (bicyclic) bond motifs is 9. The fraction of sp³-hybridized carbons (Fsp3) is 0.0323. The standard InChI is InChI=1S/C36H24N2.C36H28N2.C30H24N2.C18H13N.4CH4/c1-5-13-33-29(9-1)30-10-2-6-14-34(30)37(33)27-21-17-25(18-22-27)26-19-23-28(24-20-26)38-35-15-7-3-11-31(35)32-12-4-8-16-36(32)38;1-5-13-31(14-6-1)37(32-15-7-2-8-16-32)35-25-21-29(22-26-35)30-23-27-36(28-24-30)38(33-17-9-3-10-18-33)34-19-11-4-12-20-34;1-5-13-25(14-6-1)31(26-15-7-2-8-16-26)29-21-23-30(24-22-29)32(27-17-9-3-10-18-27)28-19-11-4-12-20-28;1-2-8-14(9-3-1)19-17-12-6-4-10-15(17)16-11-5-7-13-18(16)19;;;;/h1-24H;1-28H;1-24H;1-13H;4*1H4. The van der Waals surface area contributed by atoms with Gasteiger partial charge in [-0.15, -0.1) is 0 Å². The maximum atomic E-state index is 2.36. The van der Waals surface area contributed by atoms with Crippen molar-refractivity contribution < 1.29 is 0 Å². The van der Waals surface area contributed by atoms with Crippen molar-refractivity contribution in [2.75, 3.05) is 19.6 Å². The van der Waals surface area contributed by atoms with Crippen LogP contribution in [0.3, 0.4) is 0 Å². The van der Waals surface area contributed by atoms with E-state index in [4.69, 9.17) is 0 Å². The molecule has 0 spiro atoms. The van der Waals surface area contributed by atoms with Crippen molar-refractivity contribution in [1.29, 1.82) is 0 Å². The van der Waals surface area contributed by atoms with Crippen LogP contribution in [0.1, 0.15) is 29.7 Å². The summed E-state index contributed by atoms with van der Waals surface area (Å²) >= 11 is 0. The van der Waals surface area contributed by atoms with Gasteiger partial charge >= 0.3 is 0 Å². The molecule has 0 saturated heterocycles. The van der Waals surface area contributed by atoms with Crippen LogP contribution in [0.2, 0.25) is 0 Å². The van der Waals surface area contributed by atoms with Crippen molar-refractivity contribution in [3.8, 4) is 39.3 Å². The highest BCUT2D eigenvalue weighted by molar-refractivity contribution is 6.11. The Bertz CT molecular complexity index is 6850. The lowest BCUT2D eigenvalue weighted by molar-refractivity contribution is 1.18. The molecule has 0 atom stereocenters. The molecule has 0 amide bonds. The van der Waals surface area contributed by atoms with Crippen molar-refractivity contribution in [1.82, 2.24) is 13.7 Å². The van der Waals surface area contributed by atoms with Crippen LogP contribution < -0.4 is 19.6 Å². The highest BCUT2D eigenvalue weighted by atomic mass is 15.2. The van der Waals surface area contributed by atoms with E-state index in [9.17, 15) is 0 Å². The van der Waals surface area contributed by atoms with Gasteiger partial charge in [-0.25, -0.2) is 0 Å². The average Bonchev–Trinajstić information content (AvgIpc) is 1.61. The van der Waals surface area contributed by atoms with Gasteiger partial charge in [0.2, 0.25) is 0 Å². The van der Waals surface area contributed by atoms with Crippen molar-refractivity contribution in [3.63, 3.8) is 0 Å². The Labute approximate surface area is 770 Å². The van der Waals surface area contributed by atoms with E-state index in [-0.39, 0.29) is 29.7 Å². The minimum Gasteiger partial charge on any atom is -0.311 e. The van der Waals surface area contributed by atoms with Crippen LogP contribution in [0.4, 0.5) is 68.2 Å². The second-order valence-electron chi connectivity index (χ2n) is 31.2. The number of anilines is 12. The third-order valence-corrected chi connectivity index (χ3v) is 23.4. The van der Waals surface area contributed by atoms with Gasteiger partial charge in [0.05, 0.1) is 33.1 Å². The fourth-order valence-corrected chi connectivity index (χ4v) is 17.5. The summed E-state index contributed by atoms with van der Waals surface area (Å²) in [5.41, 5.74) is 29.4. The molecule has 0 N–H and O–H groups in total. The van der Waals surface area contributed by atoms with E-state index in [2.05, 4.69) is 549 Å². The third-order valence-electron chi connectivity index (χ3n) is 23.4. The first-order valence-corrected chi connectivity index (χ1v) is 43.2. The van der Waals surface area contributed by atoms with Crippen molar-refractivity contribution in [3.05, 3.63) is 540 Å². The Hall–Kier alpha value is -17.0. The van der Waals surface area contributed by atoms with E-state index in [1.807, 2.05) is 24.3 Å². The zero-order valence-electron chi connectivity index (χ0n) is 70.0. The van der Waals surface area contributed by atoms with E-state index < -0.39 is 0 Å². The fourth-order valence-electron chi connectivity index (χ4n) is 17.5. The quantitative estimate of drug-likeness (QED) is 0.0908. The Morgan fingerprint density at radius 2 is 0.229 bits per heavy atom. The molecule has 0 aliphatic rings. The van der Waals surface area contributed by atoms with E-state index in [1.165, 1.54) is 105 Å². The predicted molar refractivity (Wildman–Crippen MR) is 565 cm³/mol. The van der Waals surface area contributed by atoms with Gasteiger partial charge in [0.15, 0.2) is 0 Å². The van der Waals surface area contributed by atoms with Crippen LogP contribution in [-0.2, 0) is 0 Å². The summed E-state index contributed by atoms with van der Waals surface area (Å²) in [5.74, 6) is 0. The zero-order chi connectivity index (χ0) is 84.9. The van der Waals surface area contributed by atoms with Gasteiger partial charge in [0.25, 0.3) is 0 Å². The normalized spacial score (nSPS) is 10.7. The number of aromatic nitrogens is 3. The Morgan fingerprint density at radius 3 is 0.405 bits per heavy atom. The number of rotatable bonds is 17. The first kappa shape index (κ1) is 87.5. The molecule has 3 aromatic heterocycles. The topological polar surface area (TPSA) is 27.8 Å². The zero-order valence-corrected chi connectivity index (χ0v) is 70.0. The van der Waals surface area contributed by atoms with E-state index >= 15 is 0 Å². The number of benzene rings is 20. The second kappa shape index (κ2) is 41.0. The van der Waals surface area contributed by atoms with Crippen molar-refractivity contribution in [2.45, 2.75) is 29.7 Å². The van der Waals surface area contributed by atoms with Gasteiger partial charge < -0.3 is 33.3 Å². The number of nitrogens with zero attached hydrogens (tertiary/aromatic N) is 7. The van der Waals surface area contributed by atoms with E-state index in [1.54, 1.807) is 0 Å². The highest BCUT2D eigenvalue weighted by Crippen LogP contribution is 2.43. The Kier molecular flexibility index (Phi) is 27.4. The summed E-state index contributed by atoms with van der Waals surface area (Å²) in [4.78, 5) is 9.12. The summed E-state index contributed by atoms with van der Waals surface area (Å²) in [7, 11) is 0. The van der Waals surface area contributed by atoms with Gasteiger partial charge in [-0.3, -0.25) is 0 Å². The molecule has 0 bridgehead atoms. The minimum atomic E-state index is 0. The molecule has 0 saturated carbocycles. The molecular formula is C124H105N7. The van der Waals surface area contributed by atoms with Gasteiger partial charge in [-0.1, -0.05) is 351 Å². The molecule has 636 valence electrons. The average molecular weight is 1690 g/mol. The maximum absolute atomic E-state index is 2.36.